The number of nitrogens with one attached hydrogen (secondary N) is 1. The number of ketones is 1. The van der Waals surface area contributed by atoms with E-state index in [0.29, 0.717) is 24.3 Å². The van der Waals surface area contributed by atoms with Gasteiger partial charge in [-0.3, -0.25) is 4.79 Å². The largest absolute Gasteiger partial charge is 0.300 e. The van der Waals surface area contributed by atoms with Gasteiger partial charge in [-0.2, -0.15) is 0 Å². The molecule has 2 aliphatic rings. The summed E-state index contributed by atoms with van der Waals surface area (Å²) in [5.74, 6) is 1.48. The van der Waals surface area contributed by atoms with Crippen molar-refractivity contribution >= 4 is 15.8 Å². The van der Waals surface area contributed by atoms with E-state index in [-0.39, 0.29) is 17.1 Å². The van der Waals surface area contributed by atoms with Crippen molar-refractivity contribution in [3.8, 4) is 0 Å². The molecule has 1 N–H and O–H groups in total. The van der Waals surface area contributed by atoms with Gasteiger partial charge in [0.25, 0.3) is 0 Å². The Kier molecular flexibility index (Phi) is 9.42. The number of hydrogen-bond acceptors (Lipinski definition) is 4. The molecule has 28 heavy (non-hydrogen) atoms. The lowest BCUT2D eigenvalue weighted by atomic mass is 9.80. The number of unbranched alkanes of at least 4 members (excludes halogenated alkanes) is 1. The number of sulfonamides is 1. The minimum Gasteiger partial charge on any atom is -0.300 e. The molecule has 0 aromatic rings. The molecule has 1 saturated carbocycles. The maximum atomic E-state index is 12.6. The molecular formula is C22H42N2O3S. The van der Waals surface area contributed by atoms with Crippen LogP contribution in [0.15, 0.2) is 0 Å². The van der Waals surface area contributed by atoms with Gasteiger partial charge < -0.3 is 4.90 Å². The smallest absolute Gasteiger partial charge is 0.214 e. The lowest BCUT2D eigenvalue weighted by Gasteiger charge is -2.40. The first-order valence-electron chi connectivity index (χ1n) is 11.5. The van der Waals surface area contributed by atoms with Crippen molar-refractivity contribution in [3.05, 3.63) is 0 Å². The monoisotopic (exact) mass is 414 g/mol. The third-order valence-electron chi connectivity index (χ3n) is 6.61. The van der Waals surface area contributed by atoms with Crippen LogP contribution in [0.4, 0.5) is 0 Å². The number of carbonyl (C=O) groups excluding carboxylic acids is 1. The molecule has 0 bridgehead atoms. The topological polar surface area (TPSA) is 66.5 Å². The Morgan fingerprint density at radius 1 is 0.964 bits per heavy atom. The molecule has 0 radical (unpaired) electrons. The molecule has 6 heteroatoms. The molecule has 0 aromatic carbocycles. The van der Waals surface area contributed by atoms with Crippen LogP contribution in [-0.4, -0.2) is 50.0 Å². The Balaban J connectivity index is 1.70. The number of hydrogen-bond donors (Lipinski definition) is 1. The summed E-state index contributed by atoms with van der Waals surface area (Å²) >= 11 is 0. The summed E-state index contributed by atoms with van der Waals surface area (Å²) in [5.41, 5.74) is 0. The Hall–Kier alpha value is -0.460. The third kappa shape index (κ3) is 7.10. The highest BCUT2D eigenvalue weighted by Gasteiger charge is 2.35. The zero-order valence-corrected chi connectivity index (χ0v) is 19.3. The zero-order chi connectivity index (χ0) is 20.7. The summed E-state index contributed by atoms with van der Waals surface area (Å²) in [6, 6.07) is 0.531. The van der Waals surface area contributed by atoms with Crippen molar-refractivity contribution in [3.63, 3.8) is 0 Å². The first-order chi connectivity index (χ1) is 13.2. The van der Waals surface area contributed by atoms with E-state index in [1.165, 1.54) is 0 Å². The minimum absolute atomic E-state index is 0.139. The Morgan fingerprint density at radius 3 is 2.11 bits per heavy atom. The standard InChI is InChI=1S/C22H42N2O3S/c1-17(2)7-5-6-14-23-28(26,27)21-12-15-24(16-13-21)20-10-8-19(9-11-20)22(25)18(3)4/h17-21,23H,5-16H2,1-4H3. The molecule has 0 atom stereocenters. The lowest BCUT2D eigenvalue weighted by Crippen LogP contribution is -2.48. The highest BCUT2D eigenvalue weighted by atomic mass is 32.2. The predicted octanol–water partition coefficient (Wildman–Crippen LogP) is 3.98. The second kappa shape index (κ2) is 11.1. The van der Waals surface area contributed by atoms with Gasteiger partial charge >= 0.3 is 0 Å². The number of nitrogens with zero attached hydrogens (tertiary/aromatic N) is 1. The van der Waals surface area contributed by atoms with Crippen LogP contribution in [0.5, 0.6) is 0 Å². The molecule has 0 spiro atoms. The van der Waals surface area contributed by atoms with Gasteiger partial charge in [0.2, 0.25) is 10.0 Å². The molecule has 0 aromatic heterocycles. The van der Waals surface area contributed by atoms with E-state index in [9.17, 15) is 13.2 Å². The number of piperidine rings is 1. The molecule has 1 aliphatic carbocycles. The van der Waals surface area contributed by atoms with Crippen molar-refractivity contribution in [1.82, 2.24) is 9.62 Å². The van der Waals surface area contributed by atoms with Crippen LogP contribution in [0, 0.1) is 17.8 Å². The van der Waals surface area contributed by atoms with E-state index in [0.717, 1.165) is 70.9 Å². The molecule has 0 amide bonds. The minimum atomic E-state index is -3.19. The lowest BCUT2D eigenvalue weighted by molar-refractivity contribution is -0.127. The van der Waals surface area contributed by atoms with Gasteiger partial charge in [0, 0.05) is 24.4 Å². The summed E-state index contributed by atoms with van der Waals surface area (Å²) in [4.78, 5) is 14.7. The predicted molar refractivity (Wildman–Crippen MR) is 116 cm³/mol. The summed E-state index contributed by atoms with van der Waals surface area (Å²) in [6.45, 7) is 10.7. The van der Waals surface area contributed by atoms with Crippen LogP contribution in [0.1, 0.15) is 85.5 Å². The fourth-order valence-electron chi connectivity index (χ4n) is 4.76. The van der Waals surface area contributed by atoms with E-state index < -0.39 is 10.0 Å². The van der Waals surface area contributed by atoms with Crippen molar-refractivity contribution < 1.29 is 13.2 Å². The molecule has 1 aliphatic heterocycles. The van der Waals surface area contributed by atoms with Gasteiger partial charge in [-0.1, -0.05) is 40.5 Å². The summed E-state index contributed by atoms with van der Waals surface area (Å²) in [6.07, 6.45) is 8.78. The maximum Gasteiger partial charge on any atom is 0.214 e. The molecule has 1 saturated heterocycles. The van der Waals surface area contributed by atoms with Crippen molar-refractivity contribution in [2.75, 3.05) is 19.6 Å². The molecule has 1 heterocycles. The first-order valence-corrected chi connectivity index (χ1v) is 13.0. The molecule has 0 unspecified atom stereocenters. The summed E-state index contributed by atoms with van der Waals surface area (Å²) in [5, 5.41) is -0.243. The molecule has 164 valence electrons. The van der Waals surface area contributed by atoms with Crippen molar-refractivity contribution in [2.24, 2.45) is 17.8 Å². The van der Waals surface area contributed by atoms with Crippen LogP contribution >= 0.6 is 0 Å². The second-order valence-corrected chi connectivity index (χ2v) is 11.7. The number of rotatable bonds is 10. The summed E-state index contributed by atoms with van der Waals surface area (Å²) < 4.78 is 28.0. The van der Waals surface area contributed by atoms with Crippen LogP contribution in [0.3, 0.4) is 0 Å². The Labute approximate surface area is 173 Å². The molecule has 2 fully saturated rings. The summed E-state index contributed by atoms with van der Waals surface area (Å²) in [7, 11) is -3.19. The number of carbonyl (C=O) groups is 1. The quantitative estimate of drug-likeness (QED) is 0.549. The van der Waals surface area contributed by atoms with E-state index in [2.05, 4.69) is 23.5 Å². The average molecular weight is 415 g/mol. The van der Waals surface area contributed by atoms with E-state index in [1.54, 1.807) is 0 Å². The number of likely N-dealkylation sites (tertiary alicyclic amines) is 1. The molecule has 2 rings (SSSR count). The van der Waals surface area contributed by atoms with Gasteiger partial charge in [-0.15, -0.1) is 0 Å². The van der Waals surface area contributed by atoms with Crippen molar-refractivity contribution in [1.29, 1.82) is 0 Å². The highest BCUT2D eigenvalue weighted by molar-refractivity contribution is 7.90. The highest BCUT2D eigenvalue weighted by Crippen LogP contribution is 2.31. The van der Waals surface area contributed by atoms with E-state index in [4.69, 9.17) is 0 Å². The van der Waals surface area contributed by atoms with E-state index >= 15 is 0 Å². The Bertz CT molecular complexity index is 573. The fraction of sp³-hybridized carbons (Fsp3) is 0.955. The Morgan fingerprint density at radius 2 is 1.57 bits per heavy atom. The molecular weight excluding hydrogens is 372 g/mol. The van der Waals surface area contributed by atoms with Crippen LogP contribution in [0.2, 0.25) is 0 Å². The van der Waals surface area contributed by atoms with E-state index in [1.807, 2.05) is 13.8 Å². The van der Waals surface area contributed by atoms with Gasteiger partial charge in [0.15, 0.2) is 0 Å². The fourth-order valence-corrected chi connectivity index (χ4v) is 6.25. The van der Waals surface area contributed by atoms with Gasteiger partial charge in [-0.05, 0) is 64.0 Å². The number of Topliss-reactive ketones (excluding diaryl/α,β-unsaturated/α-hetero) is 1. The van der Waals surface area contributed by atoms with Gasteiger partial charge in [-0.25, -0.2) is 13.1 Å². The third-order valence-corrected chi connectivity index (χ3v) is 8.57. The van der Waals surface area contributed by atoms with Gasteiger partial charge in [0.05, 0.1) is 5.25 Å². The van der Waals surface area contributed by atoms with Crippen molar-refractivity contribution in [2.45, 2.75) is 96.8 Å². The second-order valence-electron chi connectivity index (χ2n) is 9.63. The molecule has 5 nitrogen and oxygen atoms in total. The average Bonchev–Trinajstić information content (AvgIpc) is 2.67. The van der Waals surface area contributed by atoms with Crippen LogP contribution in [-0.2, 0) is 14.8 Å². The first kappa shape index (κ1) is 23.8. The van der Waals surface area contributed by atoms with Crippen LogP contribution < -0.4 is 4.72 Å². The normalized spacial score (nSPS) is 25.5. The zero-order valence-electron chi connectivity index (χ0n) is 18.5. The van der Waals surface area contributed by atoms with Gasteiger partial charge in [0.1, 0.15) is 5.78 Å². The van der Waals surface area contributed by atoms with Crippen LogP contribution in [0.25, 0.3) is 0 Å². The SMILES string of the molecule is CC(C)CCCCNS(=O)(=O)C1CCN(C2CCC(C(=O)C(C)C)CC2)CC1. The maximum absolute atomic E-state index is 12.6.